The number of carboxylic acids is 2. The lowest BCUT2D eigenvalue weighted by Gasteiger charge is -2.32. The molecule has 2 bridgehead atoms. The molecule has 2 aliphatic rings. The normalized spacial score (nSPS) is 27.8. The van der Waals surface area contributed by atoms with Gasteiger partial charge in [0.05, 0.1) is 0 Å². The summed E-state index contributed by atoms with van der Waals surface area (Å²) in [5.41, 5.74) is 0.936. The molecule has 2 N–H and O–H groups in total. The van der Waals surface area contributed by atoms with E-state index in [-0.39, 0.29) is 5.41 Å². The van der Waals surface area contributed by atoms with Crippen molar-refractivity contribution in [1.29, 1.82) is 0 Å². The lowest BCUT2D eigenvalue weighted by Crippen LogP contribution is -2.39. The molecule has 0 spiro atoms. The van der Waals surface area contributed by atoms with Crippen LogP contribution in [0.1, 0.15) is 19.3 Å². The standard InChI is InChI=1S/C11H16N2O.C2H2O4/c1-3-10(12-14-2)11-5-4-7-13(9-11)8-6-11;3-1(4)2(5)6/h1H,4-9H2,2H3;(H,3,4)(H,5,6). The number of oxime groups is 1. The molecular formula is C13H18N2O5. The Kier molecular flexibility index (Phi) is 5.53. The minimum atomic E-state index is -1.82. The van der Waals surface area contributed by atoms with Gasteiger partial charge in [-0.25, -0.2) is 9.59 Å². The Morgan fingerprint density at radius 2 is 1.95 bits per heavy atom. The van der Waals surface area contributed by atoms with Crippen molar-refractivity contribution in [2.45, 2.75) is 19.3 Å². The van der Waals surface area contributed by atoms with Crippen LogP contribution in [0.15, 0.2) is 5.16 Å². The van der Waals surface area contributed by atoms with E-state index < -0.39 is 11.9 Å². The number of nitrogens with zero attached hydrogens (tertiary/aromatic N) is 2. The third-order valence-electron chi connectivity index (χ3n) is 3.57. The van der Waals surface area contributed by atoms with Gasteiger partial charge in [-0.05, 0) is 32.4 Å². The van der Waals surface area contributed by atoms with E-state index in [1.165, 1.54) is 13.0 Å². The predicted octanol–water partition coefficient (Wildman–Crippen LogP) is 0.264. The number of carboxylic acid groups (broad SMARTS) is 2. The first-order chi connectivity index (χ1) is 9.45. The van der Waals surface area contributed by atoms with Crippen LogP contribution in [0, 0.1) is 17.8 Å². The van der Waals surface area contributed by atoms with Gasteiger partial charge in [-0.3, -0.25) is 0 Å². The highest BCUT2D eigenvalue weighted by Gasteiger charge is 2.44. The molecule has 20 heavy (non-hydrogen) atoms. The summed E-state index contributed by atoms with van der Waals surface area (Å²) in [6.45, 7) is 3.44. The number of rotatable bonds is 2. The van der Waals surface area contributed by atoms with Crippen LogP contribution in [0.5, 0.6) is 0 Å². The molecule has 7 heteroatoms. The Labute approximate surface area is 117 Å². The molecule has 0 radical (unpaired) electrons. The van der Waals surface area contributed by atoms with Gasteiger partial charge in [-0.15, -0.1) is 6.42 Å². The molecule has 0 aliphatic carbocycles. The van der Waals surface area contributed by atoms with E-state index in [4.69, 9.17) is 31.1 Å². The lowest BCUT2D eigenvalue weighted by molar-refractivity contribution is -0.159. The summed E-state index contributed by atoms with van der Waals surface area (Å²) in [6.07, 6.45) is 9.02. The number of aliphatic carboxylic acids is 2. The highest BCUT2D eigenvalue weighted by Crippen LogP contribution is 2.40. The van der Waals surface area contributed by atoms with Crippen molar-refractivity contribution in [2.75, 3.05) is 26.7 Å². The minimum absolute atomic E-state index is 0.128. The van der Waals surface area contributed by atoms with Gasteiger partial charge in [0.15, 0.2) is 0 Å². The van der Waals surface area contributed by atoms with Crippen LogP contribution < -0.4 is 0 Å². The molecule has 0 amide bonds. The Bertz CT molecular complexity index is 438. The van der Waals surface area contributed by atoms with Gasteiger partial charge in [0.2, 0.25) is 0 Å². The van der Waals surface area contributed by atoms with Gasteiger partial charge in [-0.1, -0.05) is 11.1 Å². The van der Waals surface area contributed by atoms with Crippen LogP contribution in [0.4, 0.5) is 0 Å². The summed E-state index contributed by atoms with van der Waals surface area (Å²) < 4.78 is 0. The zero-order valence-corrected chi connectivity index (χ0v) is 11.3. The van der Waals surface area contributed by atoms with Crippen molar-refractivity contribution in [3.05, 3.63) is 0 Å². The maximum Gasteiger partial charge on any atom is 0.414 e. The second-order valence-corrected chi connectivity index (χ2v) is 4.79. The third kappa shape index (κ3) is 3.71. The topological polar surface area (TPSA) is 99.4 Å². The summed E-state index contributed by atoms with van der Waals surface area (Å²) >= 11 is 0. The average molecular weight is 282 g/mol. The highest BCUT2D eigenvalue weighted by atomic mass is 16.6. The van der Waals surface area contributed by atoms with Crippen molar-refractivity contribution in [1.82, 2.24) is 4.90 Å². The Balaban J connectivity index is 0.000000286. The molecule has 2 heterocycles. The van der Waals surface area contributed by atoms with Crippen LogP contribution in [0.2, 0.25) is 0 Å². The van der Waals surface area contributed by atoms with Crippen LogP contribution in [0.3, 0.4) is 0 Å². The molecule has 0 saturated carbocycles. The molecule has 7 nitrogen and oxygen atoms in total. The summed E-state index contributed by atoms with van der Waals surface area (Å²) in [7, 11) is 1.56. The predicted molar refractivity (Wildman–Crippen MR) is 71.3 cm³/mol. The second-order valence-electron chi connectivity index (χ2n) is 4.79. The summed E-state index contributed by atoms with van der Waals surface area (Å²) in [6, 6.07) is 0. The Morgan fingerprint density at radius 1 is 1.30 bits per heavy atom. The number of piperidine rings is 1. The maximum absolute atomic E-state index is 9.10. The van der Waals surface area contributed by atoms with E-state index in [2.05, 4.69) is 16.0 Å². The summed E-state index contributed by atoms with van der Waals surface area (Å²) in [5, 5.41) is 18.8. The molecule has 0 aromatic carbocycles. The zero-order chi connectivity index (χ0) is 15.2. The van der Waals surface area contributed by atoms with Crippen LogP contribution in [0.25, 0.3) is 0 Å². The maximum atomic E-state index is 9.10. The number of hydrogen-bond donors (Lipinski definition) is 2. The van der Waals surface area contributed by atoms with E-state index in [1.807, 2.05) is 0 Å². The summed E-state index contributed by atoms with van der Waals surface area (Å²) in [4.78, 5) is 25.5. The third-order valence-corrected chi connectivity index (χ3v) is 3.57. The van der Waals surface area contributed by atoms with Crippen molar-refractivity contribution in [3.63, 3.8) is 0 Å². The molecule has 0 aromatic rings. The molecular weight excluding hydrogens is 264 g/mol. The van der Waals surface area contributed by atoms with Gasteiger partial charge in [-0.2, -0.15) is 0 Å². The van der Waals surface area contributed by atoms with E-state index >= 15 is 0 Å². The van der Waals surface area contributed by atoms with Crippen LogP contribution in [-0.2, 0) is 14.4 Å². The Hall–Kier alpha value is -2.07. The van der Waals surface area contributed by atoms with E-state index in [0.717, 1.165) is 31.6 Å². The van der Waals surface area contributed by atoms with Gasteiger partial charge in [0, 0.05) is 12.0 Å². The van der Waals surface area contributed by atoms with Gasteiger partial charge >= 0.3 is 11.9 Å². The smallest absolute Gasteiger partial charge is 0.414 e. The molecule has 2 fully saturated rings. The first-order valence-electron chi connectivity index (χ1n) is 6.22. The van der Waals surface area contributed by atoms with Crippen molar-refractivity contribution in [3.8, 4) is 12.3 Å². The fourth-order valence-electron chi connectivity index (χ4n) is 2.67. The number of terminal acetylenes is 1. The fourth-order valence-corrected chi connectivity index (χ4v) is 2.67. The highest BCUT2D eigenvalue weighted by molar-refractivity contribution is 6.27. The van der Waals surface area contributed by atoms with Crippen molar-refractivity contribution < 1.29 is 24.6 Å². The number of fused-ring (bicyclic) bond motifs is 2. The first-order valence-corrected chi connectivity index (χ1v) is 6.22. The van der Waals surface area contributed by atoms with Crippen molar-refractivity contribution >= 4 is 17.7 Å². The lowest BCUT2D eigenvalue weighted by atomic mass is 9.77. The molecule has 2 saturated heterocycles. The molecule has 0 aromatic heterocycles. The van der Waals surface area contributed by atoms with E-state index in [0.29, 0.717) is 0 Å². The monoisotopic (exact) mass is 282 g/mol. The molecule has 110 valence electrons. The number of hydrogen-bond acceptors (Lipinski definition) is 5. The minimum Gasteiger partial charge on any atom is -0.473 e. The average Bonchev–Trinajstić information content (AvgIpc) is 2.72. The first kappa shape index (κ1) is 16.0. The SMILES string of the molecule is C#CC(=NOC)C12CCCN(CC1)C2.O=C(O)C(=O)O. The zero-order valence-electron chi connectivity index (χ0n) is 11.3. The van der Waals surface area contributed by atoms with Gasteiger partial charge in [0.1, 0.15) is 12.8 Å². The molecule has 2 unspecified atom stereocenters. The second kappa shape index (κ2) is 6.91. The van der Waals surface area contributed by atoms with E-state index in [9.17, 15) is 0 Å². The van der Waals surface area contributed by atoms with Gasteiger partial charge in [0.25, 0.3) is 0 Å². The number of carbonyl (C=O) groups is 2. The van der Waals surface area contributed by atoms with Crippen molar-refractivity contribution in [2.24, 2.45) is 10.6 Å². The summed E-state index contributed by atoms with van der Waals surface area (Å²) in [5.74, 6) is -0.959. The van der Waals surface area contributed by atoms with Crippen LogP contribution in [-0.4, -0.2) is 59.5 Å². The fraction of sp³-hybridized carbons (Fsp3) is 0.615. The molecule has 2 rings (SSSR count). The molecule has 2 atom stereocenters. The molecule has 2 aliphatic heterocycles. The van der Waals surface area contributed by atoms with Crippen LogP contribution >= 0.6 is 0 Å². The Morgan fingerprint density at radius 3 is 2.45 bits per heavy atom. The largest absolute Gasteiger partial charge is 0.473 e. The van der Waals surface area contributed by atoms with Gasteiger partial charge < -0.3 is 20.0 Å². The van der Waals surface area contributed by atoms with E-state index in [1.54, 1.807) is 7.11 Å². The quantitative estimate of drug-likeness (QED) is 0.326.